The van der Waals surface area contributed by atoms with Gasteiger partial charge in [-0.3, -0.25) is 0 Å². The van der Waals surface area contributed by atoms with Gasteiger partial charge in [-0.05, 0) is 15.2 Å². The average molecular weight is 671 g/mol. The maximum atomic E-state index is 10.5. The molecule has 0 rings (SSSR count). The van der Waals surface area contributed by atoms with E-state index in [2.05, 4.69) is 9.05 Å². The van der Waals surface area contributed by atoms with Gasteiger partial charge in [-0.2, -0.15) is 0 Å². The summed E-state index contributed by atoms with van der Waals surface area (Å²) in [5.41, 5.74) is -6.16. The van der Waals surface area contributed by atoms with Crippen LogP contribution in [0.3, 0.4) is 0 Å². The third kappa shape index (κ3) is 17.2. The molecule has 27 heavy (non-hydrogen) atoms. The van der Waals surface area contributed by atoms with Crippen LogP contribution in [0.4, 0.5) is 0 Å². The van der Waals surface area contributed by atoms with Gasteiger partial charge in [-0.1, -0.05) is 23.2 Å². The maximum Gasteiger partial charge on any atom is 2.00 e. The first kappa shape index (κ1) is 40.3. The van der Waals surface area contributed by atoms with Gasteiger partial charge in [0.25, 0.3) is 0 Å². The van der Waals surface area contributed by atoms with E-state index in [1.165, 1.54) is 0 Å². The van der Waals surface area contributed by atoms with Gasteiger partial charge in [0.1, 0.15) is 23.3 Å². The van der Waals surface area contributed by atoms with Crippen molar-refractivity contribution < 1.29 is 125 Å². The Hall–Kier alpha value is 2.97. The molecule has 23 heteroatoms. The molecule has 14 nitrogen and oxygen atoms in total. The molecule has 0 saturated carbocycles. The van der Waals surface area contributed by atoms with Crippen molar-refractivity contribution in [3.63, 3.8) is 0 Å². The molecule has 0 aromatic rings. The number of hydrogen-bond acceptors (Lipinski definition) is 14. The van der Waals surface area contributed by atoms with Crippen molar-refractivity contribution in [2.45, 2.75) is 11.2 Å². The summed E-state index contributed by atoms with van der Waals surface area (Å²) in [6.07, 6.45) is 0. The topological polar surface area (TPSA) is 266 Å². The van der Waals surface area contributed by atoms with Crippen molar-refractivity contribution in [2.75, 3.05) is 12.1 Å². The smallest absolute Gasteiger partial charge is 0.809 e. The SMILES string of the molecule is O=P([O-])([O-])C(O)P(=O)([O-])OCCl.O=P([O-])([O-])C(O)P(=O)([O-])OCCl.[Zn+2].[Zn+2].[Zn+2]. The van der Waals surface area contributed by atoms with Gasteiger partial charge >= 0.3 is 58.4 Å². The average Bonchev–Trinajstić information content (AvgIpc) is 2.35. The van der Waals surface area contributed by atoms with Crippen LogP contribution in [-0.4, -0.2) is 33.5 Å². The predicted molar refractivity (Wildman–Crippen MR) is 66.0 cm³/mol. The van der Waals surface area contributed by atoms with Gasteiger partial charge in [-0.25, -0.2) is 0 Å². The van der Waals surface area contributed by atoms with Crippen LogP contribution in [0.15, 0.2) is 0 Å². The normalized spacial score (nSPS) is 17.9. The van der Waals surface area contributed by atoms with E-state index in [4.69, 9.17) is 33.4 Å². The fourth-order valence-corrected chi connectivity index (χ4v) is 5.14. The summed E-state index contributed by atoms with van der Waals surface area (Å²) in [6, 6.07) is -1.73. The Morgan fingerprint density at radius 3 is 0.963 bits per heavy atom. The molecule has 4 unspecified atom stereocenters. The summed E-state index contributed by atoms with van der Waals surface area (Å²) in [4.78, 5) is 60.9. The van der Waals surface area contributed by atoms with E-state index >= 15 is 0 Å². The zero-order chi connectivity index (χ0) is 20.0. The quantitative estimate of drug-likeness (QED) is 0.141. The Morgan fingerprint density at radius 1 is 0.667 bits per heavy atom. The van der Waals surface area contributed by atoms with Gasteiger partial charge in [-0.15, -0.1) is 0 Å². The van der Waals surface area contributed by atoms with E-state index in [9.17, 15) is 47.6 Å². The summed E-state index contributed by atoms with van der Waals surface area (Å²) in [5, 5.41) is 16.8. The predicted octanol–water partition coefficient (Wildman–Crippen LogP) is -4.12. The first-order valence-electron chi connectivity index (χ1n) is 4.85. The van der Waals surface area contributed by atoms with E-state index in [1.807, 2.05) is 0 Å². The summed E-state index contributed by atoms with van der Waals surface area (Å²) < 4.78 is 48.2. The molecule has 148 valence electrons. The molecule has 0 aliphatic rings. The van der Waals surface area contributed by atoms with Crippen molar-refractivity contribution in [1.29, 1.82) is 0 Å². The largest absolute Gasteiger partial charge is 2.00 e. The van der Waals surface area contributed by atoms with Crippen LogP contribution in [0.2, 0.25) is 0 Å². The second-order valence-corrected chi connectivity index (χ2v) is 11.4. The van der Waals surface area contributed by atoms with E-state index in [0.29, 0.717) is 0 Å². The van der Waals surface area contributed by atoms with Crippen LogP contribution in [-0.2, 0) is 85.7 Å². The Morgan fingerprint density at radius 2 is 0.852 bits per heavy atom. The Labute approximate surface area is 201 Å². The molecule has 0 radical (unpaired) electrons. The number of rotatable bonds is 8. The molecule has 0 spiro atoms. The van der Waals surface area contributed by atoms with E-state index < -0.39 is 53.7 Å². The van der Waals surface area contributed by atoms with Crippen LogP contribution in [0, 0.1) is 0 Å². The maximum absolute atomic E-state index is 10.5. The molecule has 0 saturated heterocycles. The molecule has 0 aromatic carbocycles. The molecule has 0 amide bonds. The molecule has 4 atom stereocenters. The molecule has 2 N–H and O–H groups in total. The standard InChI is InChI=1S/2C2H7ClO7P2.3Zn/c2*3-1-10-12(8,9)2(4)11(5,6)7;;;/h2*2,4H,1H2,(H,8,9)(H2,5,6,7);;;/q;;3*+2/p-6. The third-order valence-corrected chi connectivity index (χ3v) is 8.75. The van der Waals surface area contributed by atoms with E-state index in [-0.39, 0.29) is 58.4 Å². The molecule has 0 aromatic heterocycles. The third-order valence-electron chi connectivity index (χ3n) is 1.59. The van der Waals surface area contributed by atoms with Gasteiger partial charge in [0, 0.05) is 0 Å². The fraction of sp³-hybridized carbons (Fsp3) is 1.00. The Bertz CT molecular complexity index is 531. The molecule has 0 heterocycles. The van der Waals surface area contributed by atoms with Crippen molar-refractivity contribution >= 4 is 53.6 Å². The first-order valence-corrected chi connectivity index (χ1v) is 12.4. The molecule has 0 aliphatic carbocycles. The minimum atomic E-state index is -5.61. The van der Waals surface area contributed by atoms with Crippen molar-refractivity contribution in [2.24, 2.45) is 0 Å². The minimum absolute atomic E-state index is 0. The zero-order valence-electron chi connectivity index (χ0n) is 13.0. The van der Waals surface area contributed by atoms with Crippen LogP contribution in [0.25, 0.3) is 0 Å². The van der Waals surface area contributed by atoms with E-state index in [0.717, 1.165) is 0 Å². The summed E-state index contributed by atoms with van der Waals surface area (Å²) in [6.45, 7) is 0. The second kappa shape index (κ2) is 16.6. The van der Waals surface area contributed by atoms with Gasteiger partial charge in [0.15, 0.2) is 15.2 Å². The van der Waals surface area contributed by atoms with Gasteiger partial charge in [0.2, 0.25) is 0 Å². The Balaban J connectivity index is -0.000000108. The number of hydrogen-bond donors (Lipinski definition) is 2. The van der Waals surface area contributed by atoms with Gasteiger partial charge in [0.05, 0.1) is 0 Å². The molecule has 0 aliphatic heterocycles. The number of aliphatic hydroxyl groups is 2. The number of halogens is 2. The van der Waals surface area contributed by atoms with Crippen molar-refractivity contribution in [1.82, 2.24) is 0 Å². The van der Waals surface area contributed by atoms with Gasteiger partial charge < -0.3 is 66.9 Å². The van der Waals surface area contributed by atoms with Crippen LogP contribution < -0.4 is 29.4 Å². The summed E-state index contributed by atoms with van der Waals surface area (Å²) in [5.74, 6) is 0. The zero-order valence-corrected chi connectivity index (χ0v) is 27.0. The van der Waals surface area contributed by atoms with Crippen LogP contribution >= 0.6 is 53.6 Å². The Kier molecular flexibility index (Phi) is 24.8. The van der Waals surface area contributed by atoms with E-state index in [1.54, 1.807) is 0 Å². The fourth-order valence-electron chi connectivity index (χ4n) is 0.616. The first-order chi connectivity index (χ1) is 10.4. The second-order valence-electron chi connectivity index (χ2n) is 3.33. The van der Waals surface area contributed by atoms with Crippen molar-refractivity contribution in [3.8, 4) is 0 Å². The van der Waals surface area contributed by atoms with Crippen LogP contribution in [0.1, 0.15) is 0 Å². The molecule has 0 bridgehead atoms. The molecular formula is C4H8Cl2O14P4Zn3. The summed E-state index contributed by atoms with van der Waals surface area (Å²) >= 11 is 9.56. The number of aliphatic hydroxyl groups excluding tert-OH is 2. The summed E-state index contributed by atoms with van der Waals surface area (Å²) in [7, 11) is -21.5. The van der Waals surface area contributed by atoms with Crippen LogP contribution in [0.5, 0.6) is 0 Å². The minimum Gasteiger partial charge on any atom is -0.809 e. The monoisotopic (exact) mass is 666 g/mol. The van der Waals surface area contributed by atoms with Crippen molar-refractivity contribution in [3.05, 3.63) is 0 Å². The number of alkyl halides is 2. The molecule has 0 fully saturated rings. The molecular weight excluding hydrogens is 663 g/mol.